The van der Waals surface area contributed by atoms with Crippen LogP contribution < -0.4 is 20.4 Å². The predicted molar refractivity (Wildman–Crippen MR) is 134 cm³/mol. The molecule has 2 unspecified atom stereocenters. The van der Waals surface area contributed by atoms with E-state index in [1.54, 1.807) is 0 Å². The van der Waals surface area contributed by atoms with E-state index >= 15 is 0 Å². The van der Waals surface area contributed by atoms with Crippen molar-refractivity contribution in [2.75, 3.05) is 54.5 Å². The van der Waals surface area contributed by atoms with Crippen molar-refractivity contribution < 1.29 is 4.74 Å². The highest BCUT2D eigenvalue weighted by atomic mass is 32.1. The number of piperidine rings is 1. The number of rotatable bonds is 5. The second-order valence-electron chi connectivity index (χ2n) is 9.15. The normalized spacial score (nSPS) is 21.3. The average molecular weight is 455 g/mol. The molecule has 8 heteroatoms. The van der Waals surface area contributed by atoms with Crippen molar-refractivity contribution in [2.24, 2.45) is 11.8 Å². The summed E-state index contributed by atoms with van der Waals surface area (Å²) >= 11 is 5.55. The fourth-order valence-electron chi connectivity index (χ4n) is 4.48. The summed E-state index contributed by atoms with van der Waals surface area (Å²) in [6, 6.07) is 10.5. The molecular weight excluding hydrogens is 420 g/mol. The first-order chi connectivity index (χ1) is 15.5. The third kappa shape index (κ3) is 6.07. The average Bonchev–Trinajstić information content (AvgIpc) is 2.78. The molecule has 7 nitrogen and oxygen atoms in total. The summed E-state index contributed by atoms with van der Waals surface area (Å²) in [5, 5.41) is 7.01. The Kier molecular flexibility index (Phi) is 7.42. The quantitative estimate of drug-likeness (QED) is 0.665. The molecule has 2 aromatic rings. The summed E-state index contributed by atoms with van der Waals surface area (Å²) < 4.78 is 5.53. The molecule has 1 aromatic carbocycles. The predicted octanol–water partition coefficient (Wildman–Crippen LogP) is 3.59. The van der Waals surface area contributed by atoms with Gasteiger partial charge in [-0.3, -0.25) is 0 Å². The topological polar surface area (TPSA) is 65.6 Å². The smallest absolute Gasteiger partial charge is 0.232 e. The Morgan fingerprint density at radius 2 is 1.66 bits per heavy atom. The number of morpholine rings is 1. The van der Waals surface area contributed by atoms with Gasteiger partial charge < -0.3 is 25.2 Å². The second-order valence-corrected chi connectivity index (χ2v) is 9.56. The van der Waals surface area contributed by atoms with Gasteiger partial charge in [-0.15, -0.1) is 0 Å². The van der Waals surface area contributed by atoms with Gasteiger partial charge in [-0.25, -0.2) is 0 Å². The van der Waals surface area contributed by atoms with Crippen molar-refractivity contribution in [1.82, 2.24) is 15.3 Å². The van der Waals surface area contributed by atoms with E-state index in [9.17, 15) is 0 Å². The van der Waals surface area contributed by atoms with Crippen LogP contribution >= 0.6 is 12.2 Å². The van der Waals surface area contributed by atoms with Crippen LogP contribution in [-0.2, 0) is 11.3 Å². The molecule has 1 aromatic heterocycles. The molecule has 4 rings (SSSR count). The van der Waals surface area contributed by atoms with Gasteiger partial charge in [-0.05, 0) is 43.0 Å². The SMILES string of the molecule is Cc1ccc(CNC(=S)Nc2nc(N3CCOCC3)cc(N3CC(C)CC(C)C3)n2)cc1. The molecule has 2 aliphatic rings. The number of hydrogen-bond acceptors (Lipinski definition) is 6. The number of nitrogens with one attached hydrogen (secondary N) is 2. The van der Waals surface area contributed by atoms with Gasteiger partial charge in [0.2, 0.25) is 5.95 Å². The maximum Gasteiger partial charge on any atom is 0.232 e. The summed E-state index contributed by atoms with van der Waals surface area (Å²) in [4.78, 5) is 14.3. The summed E-state index contributed by atoms with van der Waals surface area (Å²) in [5.74, 6) is 3.72. The third-order valence-electron chi connectivity index (χ3n) is 6.03. The van der Waals surface area contributed by atoms with Gasteiger partial charge in [0, 0.05) is 38.8 Å². The van der Waals surface area contributed by atoms with E-state index < -0.39 is 0 Å². The molecule has 0 bridgehead atoms. The second kappa shape index (κ2) is 10.4. The number of hydrogen-bond donors (Lipinski definition) is 2. The molecule has 0 aliphatic carbocycles. The van der Waals surface area contributed by atoms with Crippen LogP contribution in [0.4, 0.5) is 17.6 Å². The maximum absolute atomic E-state index is 5.55. The fraction of sp³-hybridized carbons (Fsp3) is 0.542. The molecule has 2 atom stereocenters. The minimum absolute atomic E-state index is 0.524. The zero-order chi connectivity index (χ0) is 22.5. The van der Waals surface area contributed by atoms with Gasteiger partial charge in [-0.1, -0.05) is 43.7 Å². The van der Waals surface area contributed by atoms with Crippen molar-refractivity contribution in [3.63, 3.8) is 0 Å². The lowest BCUT2D eigenvalue weighted by atomic mass is 9.92. The van der Waals surface area contributed by atoms with Crippen LogP contribution in [0, 0.1) is 18.8 Å². The fourth-order valence-corrected chi connectivity index (χ4v) is 4.64. The Labute approximate surface area is 196 Å². The first kappa shape index (κ1) is 22.7. The number of aromatic nitrogens is 2. The van der Waals surface area contributed by atoms with Crippen molar-refractivity contribution in [3.05, 3.63) is 41.5 Å². The van der Waals surface area contributed by atoms with Crippen molar-refractivity contribution in [2.45, 2.75) is 33.7 Å². The number of ether oxygens (including phenoxy) is 1. The van der Waals surface area contributed by atoms with E-state index in [4.69, 9.17) is 26.9 Å². The lowest BCUT2D eigenvalue weighted by Crippen LogP contribution is -2.40. The molecule has 0 saturated carbocycles. The van der Waals surface area contributed by atoms with Crippen LogP contribution in [0.25, 0.3) is 0 Å². The van der Waals surface area contributed by atoms with E-state index in [2.05, 4.69) is 71.5 Å². The van der Waals surface area contributed by atoms with Gasteiger partial charge in [0.1, 0.15) is 11.6 Å². The molecule has 2 aliphatic heterocycles. The van der Waals surface area contributed by atoms with Crippen molar-refractivity contribution in [3.8, 4) is 0 Å². The number of anilines is 3. The standard InChI is InChI=1S/C24H34N6OS/c1-17-4-6-20(7-5-17)14-25-24(32)28-23-26-21(29-8-10-31-11-9-29)13-22(27-23)30-15-18(2)12-19(3)16-30/h4-7,13,18-19H,8-12,14-16H2,1-3H3,(H2,25,26,27,28,32). The molecule has 0 amide bonds. The van der Waals surface area contributed by atoms with Crippen molar-refractivity contribution in [1.29, 1.82) is 0 Å². The first-order valence-electron chi connectivity index (χ1n) is 11.5. The van der Waals surface area contributed by atoms with Crippen LogP contribution in [0.2, 0.25) is 0 Å². The Morgan fingerprint density at radius 1 is 1.03 bits per heavy atom. The third-order valence-corrected chi connectivity index (χ3v) is 6.27. The summed E-state index contributed by atoms with van der Waals surface area (Å²) in [5.41, 5.74) is 2.43. The number of nitrogens with zero attached hydrogens (tertiary/aromatic N) is 4. The highest BCUT2D eigenvalue weighted by Gasteiger charge is 2.25. The Bertz CT molecular complexity index is 905. The Balaban J connectivity index is 1.50. The van der Waals surface area contributed by atoms with E-state index in [-0.39, 0.29) is 0 Å². The highest BCUT2D eigenvalue weighted by Crippen LogP contribution is 2.28. The molecule has 32 heavy (non-hydrogen) atoms. The molecular formula is C24H34N6OS. The Hall–Kier alpha value is -2.45. The summed E-state index contributed by atoms with van der Waals surface area (Å²) in [6.45, 7) is 12.5. The number of aryl methyl sites for hydroxylation is 1. The Morgan fingerprint density at radius 3 is 2.31 bits per heavy atom. The molecule has 2 saturated heterocycles. The van der Waals surface area contributed by atoms with Crippen LogP contribution in [0.3, 0.4) is 0 Å². The van der Waals surface area contributed by atoms with E-state index in [1.165, 1.54) is 17.5 Å². The number of thiocarbonyl (C=S) groups is 1. The van der Waals surface area contributed by atoms with Crippen LogP contribution in [-0.4, -0.2) is 54.5 Å². The zero-order valence-corrected chi connectivity index (χ0v) is 20.1. The number of benzene rings is 1. The summed E-state index contributed by atoms with van der Waals surface area (Å²) in [7, 11) is 0. The van der Waals surface area contributed by atoms with Gasteiger partial charge in [-0.2, -0.15) is 9.97 Å². The monoisotopic (exact) mass is 454 g/mol. The minimum Gasteiger partial charge on any atom is -0.378 e. The molecule has 172 valence electrons. The minimum atomic E-state index is 0.524. The molecule has 0 spiro atoms. The lowest BCUT2D eigenvalue weighted by molar-refractivity contribution is 0.122. The van der Waals surface area contributed by atoms with E-state index in [1.807, 2.05) is 0 Å². The van der Waals surface area contributed by atoms with Gasteiger partial charge in [0.15, 0.2) is 5.11 Å². The largest absolute Gasteiger partial charge is 0.378 e. The van der Waals surface area contributed by atoms with Crippen LogP contribution in [0.15, 0.2) is 30.3 Å². The van der Waals surface area contributed by atoms with Crippen LogP contribution in [0.5, 0.6) is 0 Å². The maximum atomic E-state index is 5.55. The van der Waals surface area contributed by atoms with E-state index in [0.29, 0.717) is 29.4 Å². The highest BCUT2D eigenvalue weighted by molar-refractivity contribution is 7.80. The molecule has 2 N–H and O–H groups in total. The van der Waals surface area contributed by atoms with Crippen molar-refractivity contribution >= 4 is 34.9 Å². The van der Waals surface area contributed by atoms with E-state index in [0.717, 1.165) is 51.0 Å². The molecule has 0 radical (unpaired) electrons. The van der Waals surface area contributed by atoms with Gasteiger partial charge in [0.05, 0.1) is 13.2 Å². The molecule has 3 heterocycles. The summed E-state index contributed by atoms with van der Waals surface area (Å²) in [6.07, 6.45) is 1.26. The lowest BCUT2D eigenvalue weighted by Gasteiger charge is -2.36. The van der Waals surface area contributed by atoms with Gasteiger partial charge in [0.25, 0.3) is 0 Å². The van der Waals surface area contributed by atoms with Gasteiger partial charge >= 0.3 is 0 Å². The zero-order valence-electron chi connectivity index (χ0n) is 19.3. The molecule has 2 fully saturated rings. The van der Waals surface area contributed by atoms with Crippen LogP contribution in [0.1, 0.15) is 31.4 Å². The first-order valence-corrected chi connectivity index (χ1v) is 11.9.